The summed E-state index contributed by atoms with van der Waals surface area (Å²) >= 11 is 1.30. The third-order valence-corrected chi connectivity index (χ3v) is 9.04. The van der Waals surface area contributed by atoms with Crippen LogP contribution in [-0.4, -0.2) is 40.6 Å². The van der Waals surface area contributed by atoms with E-state index in [1.54, 1.807) is 22.8 Å². The number of aryl methyl sites for hydroxylation is 1. The highest BCUT2D eigenvalue weighted by molar-refractivity contribution is 7.91. The number of rotatable bonds is 4. The number of sulfonamides is 1. The first-order valence-electron chi connectivity index (χ1n) is 8.98. The van der Waals surface area contributed by atoms with Gasteiger partial charge in [-0.05, 0) is 36.6 Å². The minimum atomic E-state index is -3.42. The molecule has 6 nitrogen and oxygen atoms in total. The van der Waals surface area contributed by atoms with Crippen LogP contribution in [0.3, 0.4) is 0 Å². The molecule has 1 atom stereocenters. The summed E-state index contributed by atoms with van der Waals surface area (Å²) in [6.07, 6.45) is 7.50. The Morgan fingerprint density at radius 2 is 2.12 bits per heavy atom. The normalized spacial score (nSPS) is 24.1. The lowest BCUT2D eigenvalue weighted by Gasteiger charge is -2.37. The Labute approximate surface area is 152 Å². The average Bonchev–Trinajstić information content (AvgIpc) is 3.35. The van der Waals surface area contributed by atoms with Crippen LogP contribution in [0, 0.1) is 5.41 Å². The first-order valence-corrected chi connectivity index (χ1v) is 11.3. The summed E-state index contributed by atoms with van der Waals surface area (Å²) in [6, 6.07) is 3.50. The van der Waals surface area contributed by atoms with Crippen molar-refractivity contribution in [2.75, 3.05) is 13.1 Å². The van der Waals surface area contributed by atoms with Gasteiger partial charge in [0.25, 0.3) is 10.0 Å². The quantitative estimate of drug-likeness (QED) is 0.817. The average molecular weight is 381 g/mol. The second-order valence-electron chi connectivity index (χ2n) is 7.18. The fourth-order valence-corrected chi connectivity index (χ4v) is 7.23. The Balaban J connectivity index is 1.72. The Morgan fingerprint density at radius 3 is 2.80 bits per heavy atom. The number of aromatic nitrogens is 3. The van der Waals surface area contributed by atoms with E-state index in [2.05, 4.69) is 21.7 Å². The van der Waals surface area contributed by atoms with Gasteiger partial charge in [0, 0.05) is 25.6 Å². The van der Waals surface area contributed by atoms with Crippen LogP contribution in [0.5, 0.6) is 0 Å². The molecule has 0 bridgehead atoms. The van der Waals surface area contributed by atoms with E-state index in [0.717, 1.165) is 25.2 Å². The smallest absolute Gasteiger partial charge is 0.252 e. The van der Waals surface area contributed by atoms with E-state index >= 15 is 0 Å². The van der Waals surface area contributed by atoms with Crippen LogP contribution in [0.1, 0.15) is 50.8 Å². The maximum absolute atomic E-state index is 13.1. The summed E-state index contributed by atoms with van der Waals surface area (Å²) in [4.78, 5) is 0. The molecule has 2 fully saturated rings. The fraction of sp³-hybridized carbons (Fsp3) is 0.647. The fourth-order valence-electron chi connectivity index (χ4n) is 4.54. The zero-order chi connectivity index (χ0) is 17.5. The molecule has 8 heteroatoms. The molecule has 136 valence electrons. The second kappa shape index (κ2) is 6.48. The van der Waals surface area contributed by atoms with Crippen molar-refractivity contribution in [2.45, 2.75) is 55.7 Å². The molecule has 0 N–H and O–H groups in total. The zero-order valence-electron chi connectivity index (χ0n) is 14.5. The van der Waals surface area contributed by atoms with Crippen molar-refractivity contribution in [1.29, 1.82) is 0 Å². The predicted octanol–water partition coefficient (Wildman–Crippen LogP) is 3.10. The number of hydrogen-bond acceptors (Lipinski definition) is 5. The highest BCUT2D eigenvalue weighted by Crippen LogP contribution is 2.52. The maximum atomic E-state index is 13.1. The molecule has 4 rings (SSSR count). The van der Waals surface area contributed by atoms with Crippen molar-refractivity contribution >= 4 is 21.4 Å². The summed E-state index contributed by atoms with van der Waals surface area (Å²) in [5, 5.41) is 10.3. The van der Waals surface area contributed by atoms with Gasteiger partial charge in [0.15, 0.2) is 0 Å². The van der Waals surface area contributed by atoms with Gasteiger partial charge in [-0.25, -0.2) is 8.42 Å². The SMILES string of the molecule is CCn1cnnc1C1CN(S(=O)(=O)c2cccs2)CC12CCCCC2. The lowest BCUT2D eigenvalue weighted by atomic mass is 9.67. The van der Waals surface area contributed by atoms with E-state index in [9.17, 15) is 8.42 Å². The van der Waals surface area contributed by atoms with Crippen molar-refractivity contribution in [3.63, 3.8) is 0 Å². The molecular weight excluding hydrogens is 356 g/mol. The van der Waals surface area contributed by atoms with E-state index in [4.69, 9.17) is 0 Å². The third kappa shape index (κ3) is 2.84. The van der Waals surface area contributed by atoms with Gasteiger partial charge < -0.3 is 4.57 Å². The summed E-state index contributed by atoms with van der Waals surface area (Å²) < 4.78 is 30.4. The van der Waals surface area contributed by atoms with Gasteiger partial charge in [-0.1, -0.05) is 25.3 Å². The molecular formula is C17H24N4O2S2. The lowest BCUT2D eigenvalue weighted by Crippen LogP contribution is -2.34. The first kappa shape index (κ1) is 17.2. The molecule has 1 unspecified atom stereocenters. The molecule has 1 aliphatic heterocycles. The van der Waals surface area contributed by atoms with Gasteiger partial charge in [-0.2, -0.15) is 4.31 Å². The van der Waals surface area contributed by atoms with Crippen molar-refractivity contribution in [2.24, 2.45) is 5.41 Å². The van der Waals surface area contributed by atoms with Gasteiger partial charge >= 0.3 is 0 Å². The minimum Gasteiger partial charge on any atom is -0.318 e. The van der Waals surface area contributed by atoms with Gasteiger partial charge in [-0.15, -0.1) is 21.5 Å². The molecule has 1 aliphatic carbocycles. The Kier molecular flexibility index (Phi) is 4.45. The molecule has 1 saturated heterocycles. The highest BCUT2D eigenvalue weighted by Gasteiger charge is 2.52. The number of nitrogens with zero attached hydrogens (tertiary/aromatic N) is 4. The van der Waals surface area contributed by atoms with Crippen LogP contribution in [0.15, 0.2) is 28.0 Å². The summed E-state index contributed by atoms with van der Waals surface area (Å²) in [6.45, 7) is 4.01. The van der Waals surface area contributed by atoms with Crippen LogP contribution in [-0.2, 0) is 16.6 Å². The molecule has 25 heavy (non-hydrogen) atoms. The standard InChI is InChI=1S/C17H24N4O2S2/c1-2-20-13-18-19-16(20)14-11-21(12-17(14)8-4-3-5-9-17)25(22,23)15-7-6-10-24-15/h6-7,10,13-14H,2-5,8-9,11-12H2,1H3. The molecule has 0 amide bonds. The van der Waals surface area contributed by atoms with Crippen LogP contribution >= 0.6 is 11.3 Å². The Morgan fingerprint density at radius 1 is 1.32 bits per heavy atom. The van der Waals surface area contributed by atoms with Gasteiger partial charge in [0.1, 0.15) is 16.4 Å². The zero-order valence-corrected chi connectivity index (χ0v) is 16.1. The first-order chi connectivity index (χ1) is 12.1. The second-order valence-corrected chi connectivity index (χ2v) is 10.3. The van der Waals surface area contributed by atoms with E-state index in [0.29, 0.717) is 17.3 Å². The predicted molar refractivity (Wildman–Crippen MR) is 97.0 cm³/mol. The maximum Gasteiger partial charge on any atom is 0.252 e. The summed E-state index contributed by atoms with van der Waals surface area (Å²) in [5.74, 6) is 1.08. The van der Waals surface area contributed by atoms with Crippen molar-refractivity contribution in [3.05, 3.63) is 29.7 Å². The molecule has 2 aliphatic rings. The van der Waals surface area contributed by atoms with Gasteiger partial charge in [0.05, 0.1) is 0 Å². The summed E-state index contributed by atoms with van der Waals surface area (Å²) in [5.41, 5.74) is 0.00251. The van der Waals surface area contributed by atoms with Crippen molar-refractivity contribution in [3.8, 4) is 0 Å². The molecule has 3 heterocycles. The van der Waals surface area contributed by atoms with E-state index in [1.165, 1.54) is 30.6 Å². The molecule has 0 aromatic carbocycles. The Hall–Kier alpha value is -1.25. The largest absolute Gasteiger partial charge is 0.318 e. The lowest BCUT2D eigenvalue weighted by molar-refractivity contribution is 0.176. The molecule has 0 radical (unpaired) electrons. The van der Waals surface area contributed by atoms with Gasteiger partial charge in [-0.3, -0.25) is 0 Å². The van der Waals surface area contributed by atoms with Crippen LogP contribution in [0.25, 0.3) is 0 Å². The number of thiophene rings is 1. The minimum absolute atomic E-state index is 0.00251. The monoisotopic (exact) mass is 380 g/mol. The molecule has 2 aromatic rings. The van der Waals surface area contributed by atoms with Gasteiger partial charge in [0.2, 0.25) is 0 Å². The molecule has 1 spiro atoms. The molecule has 2 aromatic heterocycles. The van der Waals surface area contributed by atoms with E-state index < -0.39 is 10.0 Å². The van der Waals surface area contributed by atoms with Crippen molar-refractivity contribution in [1.82, 2.24) is 19.1 Å². The highest BCUT2D eigenvalue weighted by atomic mass is 32.2. The molecule has 1 saturated carbocycles. The topological polar surface area (TPSA) is 68.1 Å². The summed E-state index contributed by atoms with van der Waals surface area (Å²) in [7, 11) is -3.42. The van der Waals surface area contributed by atoms with Crippen LogP contribution < -0.4 is 0 Å². The van der Waals surface area contributed by atoms with E-state index in [1.807, 2.05) is 5.38 Å². The van der Waals surface area contributed by atoms with Crippen LogP contribution in [0.4, 0.5) is 0 Å². The van der Waals surface area contributed by atoms with E-state index in [-0.39, 0.29) is 11.3 Å². The number of hydrogen-bond donors (Lipinski definition) is 0. The van der Waals surface area contributed by atoms with Crippen molar-refractivity contribution < 1.29 is 8.42 Å². The third-order valence-electron chi connectivity index (χ3n) is 5.85. The van der Waals surface area contributed by atoms with Crippen LogP contribution in [0.2, 0.25) is 0 Å². The Bertz CT molecular complexity index is 823.